The summed E-state index contributed by atoms with van der Waals surface area (Å²) in [5.41, 5.74) is -0.321. The average Bonchev–Trinajstić information content (AvgIpc) is 2.38. The van der Waals surface area contributed by atoms with Gasteiger partial charge in [-0.3, -0.25) is 9.36 Å². The lowest BCUT2D eigenvalue weighted by Gasteiger charge is -2.16. The van der Waals surface area contributed by atoms with Crippen molar-refractivity contribution in [3.63, 3.8) is 0 Å². The van der Waals surface area contributed by atoms with Crippen LogP contribution in [0, 0.1) is 5.92 Å². The number of carbonyl (C=O) groups is 1. The Hall–Kier alpha value is -1.78. The summed E-state index contributed by atoms with van der Waals surface area (Å²) in [7, 11) is 0. The second kappa shape index (κ2) is 6.97. The van der Waals surface area contributed by atoms with Gasteiger partial charge in [0.25, 0.3) is 5.56 Å². The van der Waals surface area contributed by atoms with Crippen molar-refractivity contribution in [3.8, 4) is 5.75 Å². The highest BCUT2D eigenvalue weighted by Gasteiger charge is 2.19. The lowest BCUT2D eigenvalue weighted by Crippen LogP contribution is -2.30. The zero-order valence-electron chi connectivity index (χ0n) is 11.9. The van der Waals surface area contributed by atoms with E-state index >= 15 is 0 Å². The molecule has 0 aliphatic heterocycles. The SMILES string of the molecule is CCOc1cccn(C(C)C(=O)OCC(C)C)c1=O. The van der Waals surface area contributed by atoms with Gasteiger partial charge in [0.15, 0.2) is 5.75 Å². The third-order valence-electron chi connectivity index (χ3n) is 2.56. The van der Waals surface area contributed by atoms with Crippen molar-refractivity contribution >= 4 is 5.97 Å². The highest BCUT2D eigenvalue weighted by Crippen LogP contribution is 2.10. The van der Waals surface area contributed by atoms with Crippen LogP contribution in [0.5, 0.6) is 5.75 Å². The van der Waals surface area contributed by atoms with E-state index in [1.54, 1.807) is 32.2 Å². The van der Waals surface area contributed by atoms with Crippen LogP contribution < -0.4 is 10.3 Å². The van der Waals surface area contributed by atoms with E-state index < -0.39 is 12.0 Å². The summed E-state index contributed by atoms with van der Waals surface area (Å²) >= 11 is 0. The molecule has 0 radical (unpaired) electrons. The van der Waals surface area contributed by atoms with Gasteiger partial charge in [-0.2, -0.15) is 0 Å². The second-order valence-electron chi connectivity index (χ2n) is 4.72. The third kappa shape index (κ3) is 4.12. The van der Waals surface area contributed by atoms with Gasteiger partial charge in [-0.25, -0.2) is 4.79 Å². The van der Waals surface area contributed by atoms with Crippen LogP contribution in [-0.2, 0) is 9.53 Å². The second-order valence-corrected chi connectivity index (χ2v) is 4.72. The van der Waals surface area contributed by atoms with E-state index in [1.165, 1.54) is 4.57 Å². The van der Waals surface area contributed by atoms with Gasteiger partial charge >= 0.3 is 5.97 Å². The maximum Gasteiger partial charge on any atom is 0.328 e. The Balaban J connectivity index is 2.87. The van der Waals surface area contributed by atoms with Crippen LogP contribution >= 0.6 is 0 Å². The number of hydrogen-bond donors (Lipinski definition) is 0. The lowest BCUT2D eigenvalue weighted by molar-refractivity contribution is -0.148. The molecule has 0 aliphatic rings. The average molecular weight is 267 g/mol. The molecule has 106 valence electrons. The van der Waals surface area contributed by atoms with E-state index in [1.807, 2.05) is 13.8 Å². The quantitative estimate of drug-likeness (QED) is 0.740. The highest BCUT2D eigenvalue weighted by atomic mass is 16.5. The molecule has 0 aliphatic carbocycles. The first-order chi connectivity index (χ1) is 8.97. The topological polar surface area (TPSA) is 57.5 Å². The molecule has 0 bridgehead atoms. The van der Waals surface area contributed by atoms with Gasteiger partial charge in [0.05, 0.1) is 13.2 Å². The molecule has 0 amide bonds. The summed E-state index contributed by atoms with van der Waals surface area (Å²) in [5.74, 6) is 0.0978. The van der Waals surface area contributed by atoms with Crippen molar-refractivity contribution in [2.75, 3.05) is 13.2 Å². The number of ether oxygens (including phenoxy) is 2. The summed E-state index contributed by atoms with van der Waals surface area (Å²) < 4.78 is 11.7. The van der Waals surface area contributed by atoms with Gasteiger partial charge in [-0.05, 0) is 31.9 Å². The fourth-order valence-corrected chi connectivity index (χ4v) is 1.54. The molecule has 1 rings (SSSR count). The molecule has 1 aromatic heterocycles. The number of hydrogen-bond acceptors (Lipinski definition) is 4. The van der Waals surface area contributed by atoms with E-state index in [-0.39, 0.29) is 17.2 Å². The standard InChI is InChI=1S/C14H21NO4/c1-5-18-12-7-6-8-15(13(12)16)11(4)14(17)19-9-10(2)3/h6-8,10-11H,5,9H2,1-4H3. The Labute approximate surface area is 113 Å². The van der Waals surface area contributed by atoms with Gasteiger partial charge in [-0.15, -0.1) is 0 Å². The van der Waals surface area contributed by atoms with Crippen LogP contribution in [0.25, 0.3) is 0 Å². The molecule has 0 saturated heterocycles. The van der Waals surface area contributed by atoms with E-state index in [0.29, 0.717) is 13.2 Å². The Bertz CT molecular complexity index is 479. The van der Waals surface area contributed by atoms with Crippen LogP contribution in [-0.4, -0.2) is 23.8 Å². The van der Waals surface area contributed by atoms with Crippen molar-refractivity contribution in [1.29, 1.82) is 0 Å². The summed E-state index contributed by atoms with van der Waals surface area (Å²) in [5, 5.41) is 0. The Kier molecular flexibility index (Phi) is 5.60. The molecule has 5 heteroatoms. The van der Waals surface area contributed by atoms with Crippen LogP contribution in [0.4, 0.5) is 0 Å². The maximum absolute atomic E-state index is 12.1. The minimum Gasteiger partial charge on any atom is -0.488 e. The highest BCUT2D eigenvalue weighted by molar-refractivity contribution is 5.73. The van der Waals surface area contributed by atoms with Crippen molar-refractivity contribution < 1.29 is 14.3 Å². The Morgan fingerprint density at radius 2 is 2.05 bits per heavy atom. The third-order valence-corrected chi connectivity index (χ3v) is 2.56. The molecular weight excluding hydrogens is 246 g/mol. The van der Waals surface area contributed by atoms with Crippen molar-refractivity contribution in [3.05, 3.63) is 28.7 Å². The number of carbonyl (C=O) groups excluding carboxylic acids is 1. The Morgan fingerprint density at radius 1 is 1.37 bits per heavy atom. The molecule has 1 unspecified atom stereocenters. The van der Waals surface area contributed by atoms with Crippen LogP contribution in [0.2, 0.25) is 0 Å². The number of pyridine rings is 1. The predicted octanol–water partition coefficient (Wildman–Crippen LogP) is 2.01. The van der Waals surface area contributed by atoms with Crippen molar-refractivity contribution in [2.24, 2.45) is 5.92 Å². The molecule has 1 aromatic rings. The monoisotopic (exact) mass is 267 g/mol. The summed E-state index contributed by atoms with van der Waals surface area (Å²) in [6.07, 6.45) is 1.56. The van der Waals surface area contributed by atoms with E-state index in [4.69, 9.17) is 9.47 Å². The lowest BCUT2D eigenvalue weighted by atomic mass is 10.2. The molecule has 0 N–H and O–H groups in total. The molecule has 0 aromatic carbocycles. The first-order valence-electron chi connectivity index (χ1n) is 6.48. The summed E-state index contributed by atoms with van der Waals surface area (Å²) in [4.78, 5) is 23.9. The fourth-order valence-electron chi connectivity index (χ4n) is 1.54. The molecule has 1 heterocycles. The maximum atomic E-state index is 12.1. The molecule has 0 spiro atoms. The molecule has 0 fully saturated rings. The molecular formula is C14H21NO4. The van der Waals surface area contributed by atoms with Crippen LogP contribution in [0.15, 0.2) is 23.1 Å². The van der Waals surface area contributed by atoms with E-state index in [0.717, 1.165) is 0 Å². The Morgan fingerprint density at radius 3 is 2.63 bits per heavy atom. The zero-order chi connectivity index (χ0) is 14.4. The predicted molar refractivity (Wildman–Crippen MR) is 72.4 cm³/mol. The van der Waals surface area contributed by atoms with Crippen molar-refractivity contribution in [2.45, 2.75) is 33.7 Å². The van der Waals surface area contributed by atoms with E-state index in [2.05, 4.69) is 0 Å². The normalized spacial score (nSPS) is 12.3. The van der Waals surface area contributed by atoms with Gasteiger partial charge < -0.3 is 9.47 Å². The number of rotatable bonds is 6. The minimum absolute atomic E-state index is 0.244. The van der Waals surface area contributed by atoms with E-state index in [9.17, 15) is 9.59 Å². The molecule has 0 saturated carbocycles. The number of aromatic nitrogens is 1. The number of esters is 1. The van der Waals surface area contributed by atoms with Gasteiger partial charge in [0.2, 0.25) is 0 Å². The first kappa shape index (κ1) is 15.3. The number of nitrogens with zero attached hydrogens (tertiary/aromatic N) is 1. The summed E-state index contributed by atoms with van der Waals surface area (Å²) in [6, 6.07) is 2.61. The largest absolute Gasteiger partial charge is 0.488 e. The zero-order valence-corrected chi connectivity index (χ0v) is 11.9. The smallest absolute Gasteiger partial charge is 0.328 e. The summed E-state index contributed by atoms with van der Waals surface area (Å²) in [6.45, 7) is 8.12. The first-order valence-corrected chi connectivity index (χ1v) is 6.48. The van der Waals surface area contributed by atoms with Gasteiger partial charge in [0, 0.05) is 6.20 Å². The van der Waals surface area contributed by atoms with Crippen LogP contribution in [0.1, 0.15) is 33.7 Å². The van der Waals surface area contributed by atoms with Crippen molar-refractivity contribution in [1.82, 2.24) is 4.57 Å². The molecule has 5 nitrogen and oxygen atoms in total. The van der Waals surface area contributed by atoms with Gasteiger partial charge in [-0.1, -0.05) is 13.8 Å². The van der Waals surface area contributed by atoms with Gasteiger partial charge in [0.1, 0.15) is 6.04 Å². The van der Waals surface area contributed by atoms with Crippen LogP contribution in [0.3, 0.4) is 0 Å². The molecule has 1 atom stereocenters. The molecule has 19 heavy (non-hydrogen) atoms. The minimum atomic E-state index is -0.661. The fraction of sp³-hybridized carbons (Fsp3) is 0.571.